The van der Waals surface area contributed by atoms with E-state index in [-0.39, 0.29) is 12.5 Å². The molecule has 26 heavy (non-hydrogen) atoms. The normalized spacial score (nSPS) is 12.3. The standard InChI is InChI=1S/C21H25NO3S/c1-4-25-20(24)18(22-19(23)17-13-9-6-10-14-17)21(2,3)26-15-16-11-7-5-8-12-16/h5-14,18H,4,15H2,1-3H3,(H,22,23)/t18-/m1/s1. The third-order valence-corrected chi connectivity index (χ3v) is 5.44. The summed E-state index contributed by atoms with van der Waals surface area (Å²) in [6.07, 6.45) is 0. The van der Waals surface area contributed by atoms with E-state index in [1.54, 1.807) is 43.0 Å². The maximum Gasteiger partial charge on any atom is 0.330 e. The van der Waals surface area contributed by atoms with Crippen LogP contribution in [0.2, 0.25) is 0 Å². The van der Waals surface area contributed by atoms with E-state index in [4.69, 9.17) is 4.74 Å². The number of hydrogen-bond donors (Lipinski definition) is 1. The molecule has 0 saturated carbocycles. The third-order valence-electron chi connectivity index (χ3n) is 3.98. The van der Waals surface area contributed by atoms with Crippen LogP contribution in [0.4, 0.5) is 0 Å². The molecule has 1 atom stereocenters. The van der Waals surface area contributed by atoms with Gasteiger partial charge in [0.1, 0.15) is 6.04 Å². The van der Waals surface area contributed by atoms with Crippen LogP contribution in [0.3, 0.4) is 0 Å². The minimum atomic E-state index is -0.746. The highest BCUT2D eigenvalue weighted by atomic mass is 32.2. The molecule has 0 bridgehead atoms. The summed E-state index contributed by atoms with van der Waals surface area (Å²) in [6.45, 7) is 5.94. The second-order valence-corrected chi connectivity index (χ2v) is 8.03. The van der Waals surface area contributed by atoms with Gasteiger partial charge in [-0.15, -0.1) is 11.8 Å². The van der Waals surface area contributed by atoms with Gasteiger partial charge in [-0.25, -0.2) is 4.79 Å². The fourth-order valence-corrected chi connectivity index (χ4v) is 3.53. The summed E-state index contributed by atoms with van der Waals surface area (Å²) < 4.78 is 4.68. The molecule has 0 aliphatic carbocycles. The van der Waals surface area contributed by atoms with Crippen molar-refractivity contribution in [2.75, 3.05) is 6.61 Å². The van der Waals surface area contributed by atoms with Gasteiger partial charge in [-0.3, -0.25) is 4.79 Å². The van der Waals surface area contributed by atoms with E-state index in [2.05, 4.69) is 5.32 Å². The Bertz CT molecular complexity index is 717. The number of carbonyl (C=O) groups is 2. The van der Waals surface area contributed by atoms with E-state index in [0.29, 0.717) is 5.56 Å². The second kappa shape index (κ2) is 9.43. The van der Waals surface area contributed by atoms with Crippen molar-refractivity contribution < 1.29 is 14.3 Å². The van der Waals surface area contributed by atoms with Crippen molar-refractivity contribution in [2.24, 2.45) is 0 Å². The Balaban J connectivity index is 2.14. The van der Waals surface area contributed by atoms with Gasteiger partial charge in [0.2, 0.25) is 0 Å². The second-order valence-electron chi connectivity index (χ2n) is 6.40. The smallest absolute Gasteiger partial charge is 0.330 e. The Labute approximate surface area is 159 Å². The summed E-state index contributed by atoms with van der Waals surface area (Å²) >= 11 is 1.62. The fourth-order valence-electron chi connectivity index (χ4n) is 2.47. The quantitative estimate of drug-likeness (QED) is 0.711. The molecule has 4 nitrogen and oxygen atoms in total. The van der Waals surface area contributed by atoms with Gasteiger partial charge in [0.25, 0.3) is 5.91 Å². The molecular formula is C21H25NO3S. The van der Waals surface area contributed by atoms with Crippen LogP contribution in [-0.4, -0.2) is 29.3 Å². The van der Waals surface area contributed by atoms with Gasteiger partial charge >= 0.3 is 5.97 Å². The zero-order valence-corrected chi connectivity index (χ0v) is 16.2. The highest BCUT2D eigenvalue weighted by Crippen LogP contribution is 2.32. The maximum atomic E-state index is 12.6. The number of ether oxygens (including phenoxy) is 1. The molecule has 0 fully saturated rings. The van der Waals surface area contributed by atoms with E-state index in [1.165, 1.54) is 5.56 Å². The number of nitrogens with one attached hydrogen (secondary N) is 1. The SMILES string of the molecule is CCOC(=O)[C@@H](NC(=O)c1ccccc1)C(C)(C)SCc1ccccc1. The van der Waals surface area contributed by atoms with Crippen LogP contribution in [0, 0.1) is 0 Å². The number of rotatable bonds is 8. The van der Waals surface area contributed by atoms with Gasteiger partial charge in [0, 0.05) is 16.1 Å². The maximum absolute atomic E-state index is 12.6. The Hall–Kier alpha value is -2.27. The lowest BCUT2D eigenvalue weighted by Gasteiger charge is -2.32. The molecule has 0 radical (unpaired) electrons. The van der Waals surface area contributed by atoms with E-state index in [1.807, 2.05) is 50.2 Å². The summed E-state index contributed by atoms with van der Waals surface area (Å²) in [5.41, 5.74) is 1.69. The van der Waals surface area contributed by atoms with Crippen molar-refractivity contribution in [3.8, 4) is 0 Å². The first kappa shape index (κ1) is 20.0. The van der Waals surface area contributed by atoms with Crippen molar-refractivity contribution in [3.05, 3.63) is 71.8 Å². The molecule has 2 aromatic carbocycles. The largest absolute Gasteiger partial charge is 0.464 e. The summed E-state index contributed by atoms with van der Waals surface area (Å²) in [4.78, 5) is 25.1. The average Bonchev–Trinajstić information content (AvgIpc) is 2.66. The molecule has 2 rings (SSSR count). The zero-order valence-electron chi connectivity index (χ0n) is 15.4. The van der Waals surface area contributed by atoms with Crippen LogP contribution in [0.25, 0.3) is 0 Å². The molecule has 0 spiro atoms. The first-order valence-electron chi connectivity index (χ1n) is 8.64. The van der Waals surface area contributed by atoms with Crippen LogP contribution < -0.4 is 5.32 Å². The molecule has 1 amide bonds. The number of thioether (sulfide) groups is 1. The first-order chi connectivity index (χ1) is 12.4. The monoisotopic (exact) mass is 371 g/mol. The lowest BCUT2D eigenvalue weighted by Crippen LogP contribution is -2.53. The van der Waals surface area contributed by atoms with E-state index >= 15 is 0 Å². The van der Waals surface area contributed by atoms with Gasteiger partial charge in [0.15, 0.2) is 0 Å². The lowest BCUT2D eigenvalue weighted by molar-refractivity contribution is -0.146. The number of hydrogen-bond acceptors (Lipinski definition) is 4. The van der Waals surface area contributed by atoms with Crippen molar-refractivity contribution in [3.63, 3.8) is 0 Å². The van der Waals surface area contributed by atoms with Gasteiger partial charge in [-0.1, -0.05) is 48.5 Å². The van der Waals surface area contributed by atoms with Crippen molar-refractivity contribution >= 4 is 23.6 Å². The molecule has 0 aliphatic rings. The highest BCUT2D eigenvalue weighted by molar-refractivity contribution is 7.99. The van der Waals surface area contributed by atoms with E-state index in [9.17, 15) is 9.59 Å². The summed E-state index contributed by atoms with van der Waals surface area (Å²) in [5.74, 6) is 0.0460. The fraction of sp³-hybridized carbons (Fsp3) is 0.333. The number of amides is 1. The zero-order chi connectivity index (χ0) is 19.0. The average molecular weight is 372 g/mol. The van der Waals surface area contributed by atoms with Gasteiger partial charge < -0.3 is 10.1 Å². The molecule has 0 aliphatic heterocycles. The van der Waals surface area contributed by atoms with Crippen molar-refractivity contribution in [1.29, 1.82) is 0 Å². The Morgan fingerprint density at radius 2 is 1.62 bits per heavy atom. The molecule has 2 aromatic rings. The topological polar surface area (TPSA) is 55.4 Å². The molecule has 0 saturated heterocycles. The molecule has 5 heteroatoms. The Kier molecular flexibility index (Phi) is 7.27. The van der Waals surface area contributed by atoms with Crippen LogP contribution >= 0.6 is 11.8 Å². The highest BCUT2D eigenvalue weighted by Gasteiger charge is 2.38. The predicted octanol–water partition coefficient (Wildman–Crippen LogP) is 4.06. The third kappa shape index (κ3) is 5.63. The summed E-state index contributed by atoms with van der Waals surface area (Å²) in [7, 11) is 0. The van der Waals surface area contributed by atoms with Crippen molar-refractivity contribution in [1.82, 2.24) is 5.32 Å². The molecule has 0 heterocycles. The van der Waals surface area contributed by atoms with Gasteiger partial charge in [-0.05, 0) is 38.5 Å². The van der Waals surface area contributed by atoms with E-state index < -0.39 is 16.8 Å². The van der Waals surface area contributed by atoms with Gasteiger partial charge in [0.05, 0.1) is 6.61 Å². The molecular weight excluding hydrogens is 346 g/mol. The number of benzene rings is 2. The number of esters is 1. The minimum Gasteiger partial charge on any atom is -0.464 e. The van der Waals surface area contributed by atoms with Crippen LogP contribution in [0.15, 0.2) is 60.7 Å². The molecule has 1 N–H and O–H groups in total. The first-order valence-corrected chi connectivity index (χ1v) is 9.63. The van der Waals surface area contributed by atoms with Gasteiger partial charge in [-0.2, -0.15) is 0 Å². The van der Waals surface area contributed by atoms with E-state index in [0.717, 1.165) is 5.75 Å². The lowest BCUT2D eigenvalue weighted by atomic mass is 10.0. The Morgan fingerprint density at radius 1 is 1.04 bits per heavy atom. The summed E-state index contributed by atoms with van der Waals surface area (Å²) in [5, 5.41) is 2.86. The number of carbonyl (C=O) groups excluding carboxylic acids is 2. The summed E-state index contributed by atoms with van der Waals surface area (Å²) in [6, 6.07) is 18.2. The molecule has 138 valence electrons. The Morgan fingerprint density at radius 3 is 2.19 bits per heavy atom. The molecule has 0 aromatic heterocycles. The van der Waals surface area contributed by atoms with Crippen LogP contribution in [-0.2, 0) is 15.3 Å². The predicted molar refractivity (Wildman–Crippen MR) is 106 cm³/mol. The minimum absolute atomic E-state index is 0.274. The molecule has 0 unspecified atom stereocenters. The van der Waals surface area contributed by atoms with Crippen molar-refractivity contribution in [2.45, 2.75) is 37.3 Å². The van der Waals surface area contributed by atoms with Crippen LogP contribution in [0.1, 0.15) is 36.7 Å². The van der Waals surface area contributed by atoms with Crippen LogP contribution in [0.5, 0.6) is 0 Å².